The van der Waals surface area contributed by atoms with E-state index in [9.17, 15) is 10.1 Å². The summed E-state index contributed by atoms with van der Waals surface area (Å²) in [5, 5.41) is 16.8. The molecule has 0 aliphatic carbocycles. The van der Waals surface area contributed by atoms with Crippen molar-refractivity contribution in [3.05, 3.63) is 100 Å². The molecule has 0 unspecified atom stereocenters. The van der Waals surface area contributed by atoms with Gasteiger partial charge in [-0.05, 0) is 36.4 Å². The second-order valence-electron chi connectivity index (χ2n) is 6.79. The van der Waals surface area contributed by atoms with Gasteiger partial charge in [-0.2, -0.15) is 0 Å². The molecular formula is C23H15ClN4O2. The van der Waals surface area contributed by atoms with Crippen molar-refractivity contribution >= 4 is 50.6 Å². The first kappa shape index (κ1) is 18.1. The maximum Gasteiger partial charge on any atom is 0.330 e. The summed E-state index contributed by atoms with van der Waals surface area (Å²) in [6.45, 7) is 0. The number of fused-ring (bicyclic) bond motifs is 3. The number of para-hydroxylation sites is 2. The Hall–Kier alpha value is -3.90. The molecule has 0 spiro atoms. The maximum absolute atomic E-state index is 11.4. The van der Waals surface area contributed by atoms with Crippen LogP contribution in [0.25, 0.3) is 27.5 Å². The number of halogens is 1. The van der Waals surface area contributed by atoms with Gasteiger partial charge in [-0.15, -0.1) is 0 Å². The number of aromatic nitrogens is 2. The SMILES string of the molecule is O=[N+]([O-])c1c(Cl)ccnc1Nc1cccc(-n2c3ccccc3c3ccccc32)c1. The van der Waals surface area contributed by atoms with Crippen molar-refractivity contribution in [3.63, 3.8) is 0 Å². The Morgan fingerprint density at radius 3 is 2.23 bits per heavy atom. The van der Waals surface area contributed by atoms with Crippen LogP contribution in [-0.4, -0.2) is 14.5 Å². The van der Waals surface area contributed by atoms with Crippen molar-refractivity contribution in [2.45, 2.75) is 0 Å². The minimum Gasteiger partial charge on any atom is -0.334 e. The molecule has 0 radical (unpaired) electrons. The standard InChI is InChI=1S/C23H15ClN4O2/c24-19-12-13-25-23(22(19)28(29)30)26-15-6-5-7-16(14-15)27-20-10-3-1-8-17(20)18-9-2-4-11-21(18)27/h1-14H,(H,25,26). The van der Waals surface area contributed by atoms with Gasteiger partial charge in [0.05, 0.1) is 16.0 Å². The van der Waals surface area contributed by atoms with Crippen molar-refractivity contribution < 1.29 is 4.92 Å². The minimum atomic E-state index is -0.533. The van der Waals surface area contributed by atoms with E-state index in [1.807, 2.05) is 48.5 Å². The van der Waals surface area contributed by atoms with Crippen LogP contribution >= 0.6 is 11.6 Å². The van der Waals surface area contributed by atoms with Crippen LogP contribution in [0.3, 0.4) is 0 Å². The summed E-state index contributed by atoms with van der Waals surface area (Å²) in [6, 6.07) is 25.5. The Morgan fingerprint density at radius 1 is 0.900 bits per heavy atom. The van der Waals surface area contributed by atoms with Gasteiger partial charge < -0.3 is 9.88 Å². The molecule has 7 heteroatoms. The highest BCUT2D eigenvalue weighted by molar-refractivity contribution is 6.33. The smallest absolute Gasteiger partial charge is 0.330 e. The summed E-state index contributed by atoms with van der Waals surface area (Å²) in [6.07, 6.45) is 1.44. The zero-order valence-electron chi connectivity index (χ0n) is 15.6. The fraction of sp³-hybridized carbons (Fsp3) is 0. The molecule has 6 nitrogen and oxygen atoms in total. The number of benzene rings is 3. The third kappa shape index (κ3) is 2.94. The number of pyridine rings is 1. The van der Waals surface area contributed by atoms with Crippen LogP contribution < -0.4 is 5.32 Å². The molecular weight excluding hydrogens is 400 g/mol. The van der Waals surface area contributed by atoms with E-state index in [0.29, 0.717) is 5.69 Å². The fourth-order valence-electron chi connectivity index (χ4n) is 3.76. The van der Waals surface area contributed by atoms with E-state index in [1.54, 1.807) is 0 Å². The van der Waals surface area contributed by atoms with Gasteiger partial charge in [0.15, 0.2) is 0 Å². The van der Waals surface area contributed by atoms with E-state index in [4.69, 9.17) is 11.6 Å². The molecule has 3 aromatic carbocycles. The van der Waals surface area contributed by atoms with Crippen molar-refractivity contribution in [1.82, 2.24) is 9.55 Å². The van der Waals surface area contributed by atoms with Crippen LogP contribution in [0.1, 0.15) is 0 Å². The monoisotopic (exact) mass is 414 g/mol. The average molecular weight is 415 g/mol. The third-order valence-electron chi connectivity index (χ3n) is 5.00. The van der Waals surface area contributed by atoms with Crippen molar-refractivity contribution in [1.29, 1.82) is 0 Å². The summed E-state index contributed by atoms with van der Waals surface area (Å²) in [7, 11) is 0. The highest BCUT2D eigenvalue weighted by Crippen LogP contribution is 2.35. The molecule has 0 aliphatic heterocycles. The second-order valence-corrected chi connectivity index (χ2v) is 7.20. The summed E-state index contributed by atoms with van der Waals surface area (Å²) in [5.74, 6) is 0.104. The Morgan fingerprint density at radius 2 is 1.57 bits per heavy atom. The number of nitro groups is 1. The third-order valence-corrected chi connectivity index (χ3v) is 5.31. The Kier molecular flexibility index (Phi) is 4.34. The molecule has 0 fully saturated rings. The highest BCUT2D eigenvalue weighted by Gasteiger charge is 2.20. The molecule has 2 aromatic heterocycles. The molecule has 0 amide bonds. The number of hydrogen-bond acceptors (Lipinski definition) is 4. The molecule has 1 N–H and O–H groups in total. The van der Waals surface area contributed by atoms with Crippen molar-refractivity contribution in [2.24, 2.45) is 0 Å². The number of nitrogens with zero attached hydrogens (tertiary/aromatic N) is 3. The molecule has 0 atom stereocenters. The number of rotatable bonds is 4. The minimum absolute atomic E-state index is 0.0380. The zero-order chi connectivity index (χ0) is 20.7. The largest absolute Gasteiger partial charge is 0.334 e. The molecule has 0 bridgehead atoms. The zero-order valence-corrected chi connectivity index (χ0v) is 16.4. The van der Waals surface area contributed by atoms with Crippen LogP contribution in [0.15, 0.2) is 85.1 Å². The molecule has 30 heavy (non-hydrogen) atoms. The molecule has 5 rings (SSSR count). The van der Waals surface area contributed by atoms with Gasteiger partial charge in [0.25, 0.3) is 0 Å². The van der Waals surface area contributed by atoms with Crippen LogP contribution in [0.2, 0.25) is 5.02 Å². The van der Waals surface area contributed by atoms with E-state index >= 15 is 0 Å². The average Bonchev–Trinajstić information content (AvgIpc) is 3.08. The first-order valence-electron chi connectivity index (χ1n) is 9.28. The van der Waals surface area contributed by atoms with Gasteiger partial charge in [0.2, 0.25) is 5.82 Å². The summed E-state index contributed by atoms with van der Waals surface area (Å²) in [5.41, 5.74) is 3.53. The molecule has 2 heterocycles. The summed E-state index contributed by atoms with van der Waals surface area (Å²) < 4.78 is 2.18. The summed E-state index contributed by atoms with van der Waals surface area (Å²) >= 11 is 6.01. The predicted octanol–water partition coefficient (Wildman–Crippen LogP) is 6.48. The Labute approximate surface area is 176 Å². The molecule has 0 aliphatic rings. The van der Waals surface area contributed by atoms with E-state index in [2.05, 4.69) is 39.1 Å². The molecule has 0 saturated heterocycles. The van der Waals surface area contributed by atoms with Crippen LogP contribution in [-0.2, 0) is 0 Å². The Balaban J connectivity index is 1.65. The van der Waals surface area contributed by atoms with Gasteiger partial charge in [0, 0.05) is 28.3 Å². The van der Waals surface area contributed by atoms with Crippen LogP contribution in [0, 0.1) is 10.1 Å². The number of anilines is 2. The fourth-order valence-corrected chi connectivity index (χ4v) is 3.97. The van der Waals surface area contributed by atoms with Gasteiger partial charge in [-0.3, -0.25) is 10.1 Å². The summed E-state index contributed by atoms with van der Waals surface area (Å²) in [4.78, 5) is 15.0. The van der Waals surface area contributed by atoms with E-state index in [-0.39, 0.29) is 16.5 Å². The lowest BCUT2D eigenvalue weighted by atomic mass is 10.2. The van der Waals surface area contributed by atoms with Gasteiger partial charge in [0.1, 0.15) is 5.02 Å². The van der Waals surface area contributed by atoms with Gasteiger partial charge >= 0.3 is 5.69 Å². The predicted molar refractivity (Wildman–Crippen MR) is 120 cm³/mol. The Bertz CT molecular complexity index is 1370. The van der Waals surface area contributed by atoms with Gasteiger partial charge in [-0.25, -0.2) is 4.98 Å². The molecule has 5 aromatic rings. The lowest BCUT2D eigenvalue weighted by Gasteiger charge is -2.11. The number of hydrogen-bond donors (Lipinski definition) is 1. The lowest BCUT2D eigenvalue weighted by molar-refractivity contribution is -0.384. The quantitative estimate of drug-likeness (QED) is 0.269. The van der Waals surface area contributed by atoms with Gasteiger partial charge in [-0.1, -0.05) is 54.1 Å². The molecule has 146 valence electrons. The van der Waals surface area contributed by atoms with E-state index < -0.39 is 4.92 Å². The van der Waals surface area contributed by atoms with E-state index in [1.165, 1.54) is 23.0 Å². The number of nitrogens with one attached hydrogen (secondary N) is 1. The van der Waals surface area contributed by atoms with Crippen LogP contribution in [0.5, 0.6) is 0 Å². The topological polar surface area (TPSA) is 73.0 Å². The maximum atomic E-state index is 11.4. The molecule has 0 saturated carbocycles. The first-order chi connectivity index (χ1) is 14.6. The first-order valence-corrected chi connectivity index (χ1v) is 9.66. The normalized spacial score (nSPS) is 11.1. The van der Waals surface area contributed by atoms with Crippen molar-refractivity contribution in [3.8, 4) is 5.69 Å². The van der Waals surface area contributed by atoms with E-state index in [0.717, 1.165) is 16.7 Å². The van der Waals surface area contributed by atoms with Crippen LogP contribution in [0.4, 0.5) is 17.2 Å². The van der Waals surface area contributed by atoms with Crippen molar-refractivity contribution in [2.75, 3.05) is 5.32 Å². The highest BCUT2D eigenvalue weighted by atomic mass is 35.5. The second kappa shape index (κ2) is 7.17. The lowest BCUT2D eigenvalue weighted by Crippen LogP contribution is -2.01.